The molecule has 0 saturated carbocycles. The average molecular weight is 817 g/mol. The summed E-state index contributed by atoms with van der Waals surface area (Å²) in [5.74, 6) is 8.46. The second-order valence-electron chi connectivity index (χ2n) is 13.9. The van der Waals surface area contributed by atoms with Crippen LogP contribution in [0.1, 0.15) is 123 Å². The predicted molar refractivity (Wildman–Crippen MR) is 238 cm³/mol. The lowest BCUT2D eigenvalue weighted by molar-refractivity contribution is 0.299. The van der Waals surface area contributed by atoms with Crippen LogP contribution in [0.5, 0.6) is 16.6 Å². The van der Waals surface area contributed by atoms with Gasteiger partial charge in [-0.05, 0) is 85.5 Å². The molecule has 5 aromatic rings. The Balaban J connectivity index is 1.41. The Bertz CT molecular complexity index is 1960. The van der Waals surface area contributed by atoms with Crippen molar-refractivity contribution in [1.82, 2.24) is 0 Å². The van der Waals surface area contributed by atoms with E-state index in [0.717, 1.165) is 79.8 Å². The summed E-state index contributed by atoms with van der Waals surface area (Å²) in [6.45, 7) is 8.02. The molecule has 55 heavy (non-hydrogen) atoms. The summed E-state index contributed by atoms with van der Waals surface area (Å²) >= 11 is 4.82. The van der Waals surface area contributed by atoms with Crippen LogP contribution in [0.2, 0.25) is 0 Å². The second kappa shape index (κ2) is 23.7. The monoisotopic (exact) mass is 816 g/mol. The van der Waals surface area contributed by atoms with Gasteiger partial charge < -0.3 is 18.9 Å². The van der Waals surface area contributed by atoms with Gasteiger partial charge in [-0.25, -0.2) is 4.57 Å². The highest BCUT2D eigenvalue weighted by Crippen LogP contribution is 2.48. The van der Waals surface area contributed by atoms with E-state index >= 15 is 0 Å². The number of unbranched alkanes of at least 4 members (excludes halogenated alkanes) is 12. The van der Waals surface area contributed by atoms with Crippen molar-refractivity contribution in [3.8, 4) is 69.5 Å². The van der Waals surface area contributed by atoms with Crippen LogP contribution in [0.15, 0.2) is 72.8 Å². The van der Waals surface area contributed by atoms with E-state index in [9.17, 15) is 9.46 Å². The molecule has 0 aliphatic heterocycles. The SMILES string of the molecule is CCCCCCCCC#Cc1ccc(-c2ccc(-c3cc(OCCCCCC)c(-c4ccc(-c5ccc(O[PH](=O)O)s5)s4)cc3OCCCCCC)s2)cc1. The molecular weight excluding hydrogens is 760 g/mol. The molecule has 0 aliphatic carbocycles. The van der Waals surface area contributed by atoms with Crippen LogP contribution in [0.4, 0.5) is 0 Å². The summed E-state index contributed by atoms with van der Waals surface area (Å²) in [5.41, 5.74) is 4.31. The van der Waals surface area contributed by atoms with Crippen LogP contribution in [-0.4, -0.2) is 18.1 Å². The molecule has 1 unspecified atom stereocenters. The van der Waals surface area contributed by atoms with Crippen LogP contribution >= 0.6 is 42.3 Å². The first kappa shape index (κ1) is 42.8. The topological polar surface area (TPSA) is 65.0 Å². The zero-order chi connectivity index (χ0) is 38.7. The van der Waals surface area contributed by atoms with Gasteiger partial charge in [0.25, 0.3) is 0 Å². The van der Waals surface area contributed by atoms with Crippen LogP contribution < -0.4 is 14.0 Å². The summed E-state index contributed by atoms with van der Waals surface area (Å²) in [6, 6.07) is 25.3. The van der Waals surface area contributed by atoms with E-state index in [1.54, 1.807) is 28.7 Å². The summed E-state index contributed by atoms with van der Waals surface area (Å²) < 4.78 is 29.6. The second-order valence-corrected chi connectivity index (χ2v) is 17.8. The summed E-state index contributed by atoms with van der Waals surface area (Å²) in [4.78, 5) is 14.7. The van der Waals surface area contributed by atoms with Gasteiger partial charge in [0, 0.05) is 47.5 Å². The molecule has 0 spiro atoms. The lowest BCUT2D eigenvalue weighted by Gasteiger charge is -2.17. The number of benzene rings is 2. The summed E-state index contributed by atoms with van der Waals surface area (Å²) in [7, 11) is -3.05. The third-order valence-corrected chi connectivity index (χ3v) is 13.4. The fourth-order valence-electron chi connectivity index (χ4n) is 6.33. The maximum atomic E-state index is 11.3. The molecule has 0 saturated heterocycles. The van der Waals surface area contributed by atoms with Gasteiger partial charge in [0.1, 0.15) is 11.5 Å². The molecule has 2 aromatic carbocycles. The van der Waals surface area contributed by atoms with E-state index in [0.29, 0.717) is 18.3 Å². The van der Waals surface area contributed by atoms with Gasteiger partial charge in [-0.3, -0.25) is 0 Å². The molecule has 1 N–H and O–H groups in total. The van der Waals surface area contributed by atoms with E-state index in [1.165, 1.54) is 86.0 Å². The van der Waals surface area contributed by atoms with Gasteiger partial charge in [-0.15, -0.1) is 22.7 Å². The van der Waals surface area contributed by atoms with Gasteiger partial charge >= 0.3 is 8.25 Å². The fraction of sp³-hybridized carbons (Fsp3) is 0.435. The maximum absolute atomic E-state index is 11.3. The molecule has 0 fully saturated rings. The van der Waals surface area contributed by atoms with Crippen molar-refractivity contribution < 1.29 is 23.5 Å². The molecule has 3 aromatic heterocycles. The van der Waals surface area contributed by atoms with Crippen molar-refractivity contribution in [3.05, 3.63) is 78.4 Å². The first-order valence-corrected chi connectivity index (χ1v) is 23.9. The Morgan fingerprint density at radius 2 is 1.05 bits per heavy atom. The Hall–Kier alpha value is -3.31. The minimum Gasteiger partial charge on any atom is -0.493 e. The van der Waals surface area contributed by atoms with Crippen molar-refractivity contribution in [2.45, 2.75) is 117 Å². The van der Waals surface area contributed by atoms with E-state index in [4.69, 9.17) is 14.0 Å². The first-order valence-electron chi connectivity index (χ1n) is 20.2. The average Bonchev–Trinajstić information content (AvgIpc) is 3.98. The zero-order valence-corrected chi connectivity index (χ0v) is 36.2. The number of hydrogen-bond donors (Lipinski definition) is 1. The smallest absolute Gasteiger partial charge is 0.365 e. The van der Waals surface area contributed by atoms with Crippen molar-refractivity contribution in [3.63, 3.8) is 0 Å². The molecule has 0 amide bonds. The van der Waals surface area contributed by atoms with Gasteiger partial charge in [-0.1, -0.05) is 127 Å². The summed E-state index contributed by atoms with van der Waals surface area (Å²) in [6.07, 6.45) is 17.8. The lowest BCUT2D eigenvalue weighted by Crippen LogP contribution is -2.02. The van der Waals surface area contributed by atoms with Gasteiger partial charge in [0.2, 0.25) is 0 Å². The third-order valence-electron chi connectivity index (χ3n) is 9.41. The molecule has 294 valence electrons. The molecule has 0 radical (unpaired) electrons. The Kier molecular flexibility index (Phi) is 18.4. The summed E-state index contributed by atoms with van der Waals surface area (Å²) in [5, 5.41) is 0.439. The molecular formula is C46H57O5PS3. The van der Waals surface area contributed by atoms with Crippen molar-refractivity contribution in [1.29, 1.82) is 0 Å². The lowest BCUT2D eigenvalue weighted by atomic mass is 10.1. The molecule has 0 bridgehead atoms. The van der Waals surface area contributed by atoms with Crippen LogP contribution in [0, 0.1) is 11.8 Å². The van der Waals surface area contributed by atoms with E-state index in [-0.39, 0.29) is 0 Å². The van der Waals surface area contributed by atoms with E-state index in [1.807, 2.05) is 6.07 Å². The fourth-order valence-corrected chi connectivity index (χ4v) is 9.84. The number of ether oxygens (including phenoxy) is 2. The predicted octanol–water partition coefficient (Wildman–Crippen LogP) is 15.3. The zero-order valence-electron chi connectivity index (χ0n) is 32.8. The molecule has 5 rings (SSSR count). The number of hydrogen-bond acceptors (Lipinski definition) is 7. The Labute approximate surface area is 342 Å². The normalized spacial score (nSPS) is 11.6. The minimum atomic E-state index is -3.05. The van der Waals surface area contributed by atoms with Gasteiger partial charge in [0.15, 0.2) is 5.06 Å². The highest BCUT2D eigenvalue weighted by molar-refractivity contribution is 7.33. The minimum absolute atomic E-state index is 0.439. The highest BCUT2D eigenvalue weighted by Gasteiger charge is 2.19. The van der Waals surface area contributed by atoms with Gasteiger partial charge in [-0.2, -0.15) is 0 Å². The van der Waals surface area contributed by atoms with E-state index in [2.05, 4.69) is 93.3 Å². The third kappa shape index (κ3) is 13.7. The number of rotatable bonds is 24. The van der Waals surface area contributed by atoms with Gasteiger partial charge in [0.05, 0.1) is 13.2 Å². The van der Waals surface area contributed by atoms with Crippen LogP contribution in [-0.2, 0) is 4.57 Å². The Morgan fingerprint density at radius 3 is 1.65 bits per heavy atom. The number of thiophene rings is 3. The van der Waals surface area contributed by atoms with Crippen molar-refractivity contribution >= 4 is 42.3 Å². The molecule has 1 atom stereocenters. The highest BCUT2D eigenvalue weighted by atomic mass is 32.1. The van der Waals surface area contributed by atoms with Crippen LogP contribution in [0.3, 0.4) is 0 Å². The standard InChI is InChI=1S/C46H57O5PS3/c1-4-7-10-13-14-15-16-17-20-35-21-23-36(24-22-35)41-25-26-42(53-41)37-33-40(50-32-19-12-9-6-3)38(34-39(37)49-31-18-11-8-5-2)43-27-28-44(54-43)45-29-30-46(55-45)51-52(47)48/h21-30,33-34,52H,4-16,18-19,31-32H2,1-3H3,(H,47,48). The Morgan fingerprint density at radius 1 is 0.564 bits per heavy atom. The largest absolute Gasteiger partial charge is 0.493 e. The molecule has 5 nitrogen and oxygen atoms in total. The molecule has 3 heterocycles. The van der Waals surface area contributed by atoms with E-state index < -0.39 is 8.25 Å². The molecule has 9 heteroatoms. The molecule has 0 aliphatic rings. The van der Waals surface area contributed by atoms with Crippen LogP contribution in [0.25, 0.3) is 41.1 Å². The van der Waals surface area contributed by atoms with Crippen molar-refractivity contribution in [2.24, 2.45) is 0 Å². The maximum Gasteiger partial charge on any atom is 0.365 e. The quantitative estimate of drug-likeness (QED) is 0.0382. The first-order chi connectivity index (χ1) is 27.0. The van der Waals surface area contributed by atoms with Crippen molar-refractivity contribution in [2.75, 3.05) is 13.2 Å².